The molecule has 0 N–H and O–H groups in total. The molecule has 5 nitrogen and oxygen atoms in total. The number of para-hydroxylation sites is 1. The maximum absolute atomic E-state index is 14.2. The van der Waals surface area contributed by atoms with Crippen LogP contribution in [0.2, 0.25) is 5.02 Å². The second-order valence-electron chi connectivity index (χ2n) is 5.88. The third kappa shape index (κ3) is 3.95. The summed E-state index contributed by atoms with van der Waals surface area (Å²) in [5, 5.41) is 0.590. The van der Waals surface area contributed by atoms with Gasteiger partial charge in [-0.25, -0.2) is 9.18 Å². The van der Waals surface area contributed by atoms with Gasteiger partial charge in [0.15, 0.2) is 5.75 Å². The molecule has 0 spiro atoms. The van der Waals surface area contributed by atoms with E-state index in [0.717, 1.165) is 10.9 Å². The number of esters is 2. The van der Waals surface area contributed by atoms with Crippen molar-refractivity contribution in [2.24, 2.45) is 0 Å². The van der Waals surface area contributed by atoms with E-state index in [0.29, 0.717) is 11.3 Å². The Kier molecular flexibility index (Phi) is 5.46. The second-order valence-corrected chi connectivity index (χ2v) is 6.26. The highest BCUT2D eigenvalue weighted by Crippen LogP contribution is 2.30. The van der Waals surface area contributed by atoms with Crippen molar-refractivity contribution in [2.75, 3.05) is 6.61 Å². The topological polar surface area (TPSA) is 57.5 Å². The molecule has 0 amide bonds. The normalized spacial score (nSPS) is 10.8. The van der Waals surface area contributed by atoms with Crippen LogP contribution in [0.1, 0.15) is 29.9 Å². The number of carbonyl (C=O) groups is 2. The third-order valence-electron chi connectivity index (χ3n) is 3.94. The predicted octanol–water partition coefficient (Wildman–Crippen LogP) is 4.58. The molecule has 0 aliphatic heterocycles. The molecule has 140 valence electrons. The predicted molar refractivity (Wildman–Crippen MR) is 99.7 cm³/mol. The van der Waals surface area contributed by atoms with E-state index >= 15 is 0 Å². The largest absolute Gasteiger partial charge is 0.461 e. The van der Waals surface area contributed by atoms with Crippen molar-refractivity contribution in [2.45, 2.75) is 20.4 Å². The van der Waals surface area contributed by atoms with E-state index < -0.39 is 17.8 Å². The quantitative estimate of drug-likeness (QED) is 0.473. The molecule has 0 saturated heterocycles. The van der Waals surface area contributed by atoms with E-state index in [1.165, 1.54) is 19.1 Å². The molecule has 0 atom stereocenters. The molecular formula is C20H17ClFNO4. The Balaban J connectivity index is 2.08. The summed E-state index contributed by atoms with van der Waals surface area (Å²) < 4.78 is 26.0. The SMILES string of the molecule is CCOC(=O)c1cc2ccccc2n1Cc1cc(F)c(Cl)c(OC(C)=O)c1. The number of carbonyl (C=O) groups excluding carboxylic acids is 2. The minimum Gasteiger partial charge on any atom is -0.461 e. The maximum Gasteiger partial charge on any atom is 0.354 e. The van der Waals surface area contributed by atoms with Crippen LogP contribution in [0.15, 0.2) is 42.5 Å². The number of fused-ring (bicyclic) bond motifs is 1. The fourth-order valence-electron chi connectivity index (χ4n) is 2.88. The molecule has 3 rings (SSSR count). The summed E-state index contributed by atoms with van der Waals surface area (Å²) in [6, 6.07) is 11.9. The number of nitrogens with zero attached hydrogens (tertiary/aromatic N) is 1. The summed E-state index contributed by atoms with van der Waals surface area (Å²) >= 11 is 5.88. The summed E-state index contributed by atoms with van der Waals surface area (Å²) in [6.07, 6.45) is 0. The average molecular weight is 390 g/mol. The number of halogens is 2. The molecule has 27 heavy (non-hydrogen) atoms. The molecule has 2 aromatic carbocycles. The van der Waals surface area contributed by atoms with Crippen molar-refractivity contribution < 1.29 is 23.5 Å². The van der Waals surface area contributed by atoms with Crippen molar-refractivity contribution >= 4 is 34.4 Å². The molecule has 0 aliphatic rings. The number of hydrogen-bond acceptors (Lipinski definition) is 4. The van der Waals surface area contributed by atoms with Crippen molar-refractivity contribution in [3.63, 3.8) is 0 Å². The highest BCUT2D eigenvalue weighted by molar-refractivity contribution is 6.32. The van der Waals surface area contributed by atoms with Crippen LogP contribution in [-0.4, -0.2) is 23.1 Å². The van der Waals surface area contributed by atoms with Crippen molar-refractivity contribution in [1.82, 2.24) is 4.57 Å². The molecule has 7 heteroatoms. The molecule has 0 bridgehead atoms. The van der Waals surface area contributed by atoms with E-state index in [-0.39, 0.29) is 23.9 Å². The number of rotatable bonds is 5. The van der Waals surface area contributed by atoms with Gasteiger partial charge in [0, 0.05) is 24.4 Å². The zero-order valence-corrected chi connectivity index (χ0v) is 15.5. The maximum atomic E-state index is 14.2. The van der Waals surface area contributed by atoms with Crippen LogP contribution in [0.25, 0.3) is 10.9 Å². The van der Waals surface area contributed by atoms with Gasteiger partial charge in [-0.2, -0.15) is 0 Å². The van der Waals surface area contributed by atoms with Crippen molar-refractivity contribution in [1.29, 1.82) is 0 Å². The molecule has 0 aliphatic carbocycles. The zero-order valence-electron chi connectivity index (χ0n) is 14.8. The second kappa shape index (κ2) is 7.80. The summed E-state index contributed by atoms with van der Waals surface area (Å²) in [5.74, 6) is -1.84. The fourth-order valence-corrected chi connectivity index (χ4v) is 3.02. The number of aromatic nitrogens is 1. The van der Waals surface area contributed by atoms with Gasteiger partial charge in [-0.3, -0.25) is 4.79 Å². The van der Waals surface area contributed by atoms with Crippen LogP contribution < -0.4 is 4.74 Å². The minimum absolute atomic E-state index is 0.0617. The summed E-state index contributed by atoms with van der Waals surface area (Å²) in [6.45, 7) is 3.35. The van der Waals surface area contributed by atoms with Crippen molar-refractivity contribution in [3.05, 3.63) is 64.6 Å². The lowest BCUT2D eigenvalue weighted by Gasteiger charge is -2.13. The van der Waals surface area contributed by atoms with Crippen molar-refractivity contribution in [3.8, 4) is 5.75 Å². The lowest BCUT2D eigenvalue weighted by Crippen LogP contribution is -2.13. The molecule has 1 heterocycles. The van der Waals surface area contributed by atoms with Gasteiger partial charge in [0.05, 0.1) is 6.61 Å². The lowest BCUT2D eigenvalue weighted by atomic mass is 10.2. The van der Waals surface area contributed by atoms with Gasteiger partial charge in [0.25, 0.3) is 0 Å². The molecule has 1 aromatic heterocycles. The van der Waals surface area contributed by atoms with E-state index in [2.05, 4.69) is 0 Å². The van der Waals surface area contributed by atoms with Crippen LogP contribution in [0.3, 0.4) is 0 Å². The third-order valence-corrected chi connectivity index (χ3v) is 4.31. The molecule has 0 saturated carbocycles. The molecule has 3 aromatic rings. The van der Waals surface area contributed by atoms with Gasteiger partial charge in [0.2, 0.25) is 0 Å². The smallest absolute Gasteiger partial charge is 0.354 e. The first kappa shape index (κ1) is 18.9. The number of hydrogen-bond donors (Lipinski definition) is 0. The standard InChI is InChI=1S/C20H17ClFNO4/c1-3-26-20(25)17-10-14-6-4-5-7-16(14)23(17)11-13-8-15(22)19(21)18(9-13)27-12(2)24/h4-10H,3,11H2,1-2H3. The van der Waals surface area contributed by atoms with Gasteiger partial charge >= 0.3 is 11.9 Å². The summed E-state index contributed by atoms with van der Waals surface area (Å²) in [4.78, 5) is 23.6. The Morgan fingerprint density at radius 3 is 2.63 bits per heavy atom. The van der Waals surface area contributed by atoms with E-state index in [1.54, 1.807) is 17.6 Å². The zero-order chi connectivity index (χ0) is 19.6. The number of benzene rings is 2. The highest BCUT2D eigenvalue weighted by Gasteiger charge is 2.18. The minimum atomic E-state index is -0.709. The van der Waals surface area contributed by atoms with E-state index in [9.17, 15) is 14.0 Å². The molecular weight excluding hydrogens is 373 g/mol. The van der Waals surface area contributed by atoms with Gasteiger partial charge in [0.1, 0.15) is 16.5 Å². The average Bonchev–Trinajstić information content (AvgIpc) is 2.98. The Hall–Kier alpha value is -2.86. The molecule has 0 radical (unpaired) electrons. The monoisotopic (exact) mass is 389 g/mol. The molecule has 0 fully saturated rings. The first-order valence-electron chi connectivity index (χ1n) is 8.32. The van der Waals surface area contributed by atoms with Gasteiger partial charge in [-0.1, -0.05) is 29.8 Å². The van der Waals surface area contributed by atoms with Crippen LogP contribution in [-0.2, 0) is 16.1 Å². The summed E-state index contributed by atoms with van der Waals surface area (Å²) in [7, 11) is 0. The van der Waals surface area contributed by atoms with Crippen LogP contribution >= 0.6 is 11.6 Å². The Bertz CT molecular complexity index is 1030. The Morgan fingerprint density at radius 2 is 1.93 bits per heavy atom. The molecule has 0 unspecified atom stereocenters. The Labute approximate surface area is 160 Å². The fraction of sp³-hybridized carbons (Fsp3) is 0.200. The summed E-state index contributed by atoms with van der Waals surface area (Å²) in [5.41, 5.74) is 1.63. The van der Waals surface area contributed by atoms with E-state index in [4.69, 9.17) is 21.1 Å². The van der Waals surface area contributed by atoms with Crippen LogP contribution in [0.5, 0.6) is 5.75 Å². The van der Waals surface area contributed by atoms with Gasteiger partial charge < -0.3 is 14.0 Å². The first-order valence-corrected chi connectivity index (χ1v) is 8.70. The first-order chi connectivity index (χ1) is 12.9. The Morgan fingerprint density at radius 1 is 1.19 bits per heavy atom. The van der Waals surface area contributed by atoms with Crippen LogP contribution in [0.4, 0.5) is 4.39 Å². The van der Waals surface area contributed by atoms with E-state index in [1.807, 2.05) is 24.3 Å². The van der Waals surface area contributed by atoms with Gasteiger partial charge in [-0.15, -0.1) is 0 Å². The lowest BCUT2D eigenvalue weighted by molar-refractivity contribution is -0.131. The number of ether oxygens (including phenoxy) is 2. The van der Waals surface area contributed by atoms with Crippen LogP contribution in [0, 0.1) is 5.82 Å². The van der Waals surface area contributed by atoms with Gasteiger partial charge in [-0.05, 0) is 36.8 Å². The highest BCUT2D eigenvalue weighted by atomic mass is 35.5.